The lowest BCUT2D eigenvalue weighted by Crippen LogP contribution is -1.96. The van der Waals surface area contributed by atoms with E-state index in [1.165, 1.54) is 36.0 Å². The van der Waals surface area contributed by atoms with E-state index in [4.69, 9.17) is 0 Å². The van der Waals surface area contributed by atoms with Crippen LogP contribution in [0.15, 0.2) is 36.4 Å². The molecule has 0 N–H and O–H groups in total. The molecule has 1 atom stereocenters. The molecule has 16 heavy (non-hydrogen) atoms. The Morgan fingerprint density at radius 2 is 2.12 bits per heavy atom. The summed E-state index contributed by atoms with van der Waals surface area (Å²) in [4.78, 5) is 0. The second-order valence-corrected chi connectivity index (χ2v) is 4.74. The van der Waals surface area contributed by atoms with Crippen LogP contribution in [0.2, 0.25) is 0 Å². The third-order valence-corrected chi connectivity index (χ3v) is 3.24. The molecular formula is C16H20. The van der Waals surface area contributed by atoms with Crippen molar-refractivity contribution in [2.75, 3.05) is 0 Å². The lowest BCUT2D eigenvalue weighted by atomic mass is 9.94. The Bertz CT molecular complexity index is 410. The van der Waals surface area contributed by atoms with Crippen LogP contribution in [0.25, 0.3) is 6.08 Å². The summed E-state index contributed by atoms with van der Waals surface area (Å²) < 4.78 is 0. The highest BCUT2D eigenvalue weighted by molar-refractivity contribution is 5.54. The van der Waals surface area contributed by atoms with Gasteiger partial charge in [0, 0.05) is 0 Å². The summed E-state index contributed by atoms with van der Waals surface area (Å²) in [6.07, 6.45) is 13.1. The zero-order chi connectivity index (χ0) is 11.4. The van der Waals surface area contributed by atoms with E-state index in [9.17, 15) is 0 Å². The number of aryl methyl sites for hydroxylation is 2. The van der Waals surface area contributed by atoms with Crippen LogP contribution in [0.1, 0.15) is 36.0 Å². The molecule has 0 bridgehead atoms. The first kappa shape index (κ1) is 11.2. The highest BCUT2D eigenvalue weighted by Gasteiger charge is 2.04. The molecule has 2 rings (SSSR count). The van der Waals surface area contributed by atoms with Crippen molar-refractivity contribution in [3.8, 4) is 0 Å². The molecule has 0 fully saturated rings. The maximum Gasteiger partial charge on any atom is -0.00501 e. The monoisotopic (exact) mass is 212 g/mol. The molecule has 1 aliphatic rings. The summed E-state index contributed by atoms with van der Waals surface area (Å²) in [6, 6.07) is 6.65. The van der Waals surface area contributed by atoms with Crippen LogP contribution in [0.3, 0.4) is 0 Å². The molecule has 0 amide bonds. The van der Waals surface area contributed by atoms with Crippen LogP contribution >= 0.6 is 0 Å². The lowest BCUT2D eigenvalue weighted by Gasteiger charge is -2.11. The first-order valence-electron chi connectivity index (χ1n) is 6.18. The molecule has 1 aromatic carbocycles. The predicted octanol–water partition coefficient (Wildman–Crippen LogP) is 4.67. The molecule has 0 radical (unpaired) electrons. The van der Waals surface area contributed by atoms with Crippen LogP contribution in [0.4, 0.5) is 0 Å². The van der Waals surface area contributed by atoms with Gasteiger partial charge in [0.05, 0.1) is 0 Å². The molecule has 0 aromatic heterocycles. The molecule has 0 saturated carbocycles. The van der Waals surface area contributed by atoms with Crippen LogP contribution in [0.5, 0.6) is 0 Å². The topological polar surface area (TPSA) is 0 Å². The zero-order valence-electron chi connectivity index (χ0n) is 10.2. The average Bonchev–Trinajstić information content (AvgIpc) is 2.29. The molecule has 1 aromatic rings. The lowest BCUT2D eigenvalue weighted by molar-refractivity contribution is 0.632. The van der Waals surface area contributed by atoms with Crippen molar-refractivity contribution >= 4 is 6.08 Å². The van der Waals surface area contributed by atoms with E-state index in [1.807, 2.05) is 0 Å². The maximum atomic E-state index is 2.34. The van der Waals surface area contributed by atoms with Gasteiger partial charge in [-0.25, -0.2) is 0 Å². The van der Waals surface area contributed by atoms with Gasteiger partial charge in [0.1, 0.15) is 0 Å². The second kappa shape index (κ2) is 5.16. The Labute approximate surface area is 98.7 Å². The molecule has 0 heterocycles. The van der Waals surface area contributed by atoms with Crippen molar-refractivity contribution in [2.24, 2.45) is 5.92 Å². The van der Waals surface area contributed by atoms with Crippen LogP contribution in [-0.4, -0.2) is 0 Å². The minimum Gasteiger partial charge on any atom is -0.0879 e. The van der Waals surface area contributed by atoms with Crippen molar-refractivity contribution < 1.29 is 0 Å². The SMILES string of the molecule is Cc1ccc(/C=C/C2C=CCCC2)c(C)c1. The minimum absolute atomic E-state index is 0.648. The van der Waals surface area contributed by atoms with Gasteiger partial charge in [-0.1, -0.05) is 48.1 Å². The first-order chi connectivity index (χ1) is 7.75. The van der Waals surface area contributed by atoms with Gasteiger partial charge in [0.25, 0.3) is 0 Å². The Kier molecular flexibility index (Phi) is 3.61. The molecule has 84 valence electrons. The smallest absolute Gasteiger partial charge is 0.00501 e. The fourth-order valence-electron chi connectivity index (χ4n) is 2.24. The summed E-state index contributed by atoms with van der Waals surface area (Å²) in [5.41, 5.74) is 4.06. The van der Waals surface area contributed by atoms with Crippen LogP contribution < -0.4 is 0 Å². The van der Waals surface area contributed by atoms with E-state index in [-0.39, 0.29) is 0 Å². The Balaban J connectivity index is 2.10. The van der Waals surface area contributed by atoms with Gasteiger partial charge in [-0.15, -0.1) is 0 Å². The molecule has 0 saturated heterocycles. The van der Waals surface area contributed by atoms with Crippen molar-refractivity contribution in [1.29, 1.82) is 0 Å². The fourth-order valence-corrected chi connectivity index (χ4v) is 2.24. The van der Waals surface area contributed by atoms with E-state index in [0.29, 0.717) is 5.92 Å². The summed E-state index contributed by atoms with van der Waals surface area (Å²) in [7, 11) is 0. The summed E-state index contributed by atoms with van der Waals surface area (Å²) in [6.45, 7) is 4.33. The van der Waals surface area contributed by atoms with Gasteiger partial charge in [0.15, 0.2) is 0 Å². The molecule has 0 nitrogen and oxygen atoms in total. The largest absolute Gasteiger partial charge is 0.0879 e. The Morgan fingerprint density at radius 1 is 1.25 bits per heavy atom. The first-order valence-corrected chi connectivity index (χ1v) is 6.18. The third kappa shape index (κ3) is 2.85. The Morgan fingerprint density at radius 3 is 2.81 bits per heavy atom. The van der Waals surface area contributed by atoms with E-state index in [1.54, 1.807) is 0 Å². The minimum atomic E-state index is 0.648. The molecular weight excluding hydrogens is 192 g/mol. The third-order valence-electron chi connectivity index (χ3n) is 3.24. The van der Waals surface area contributed by atoms with Crippen molar-refractivity contribution in [1.82, 2.24) is 0 Å². The second-order valence-electron chi connectivity index (χ2n) is 4.74. The predicted molar refractivity (Wildman–Crippen MR) is 71.4 cm³/mol. The number of benzene rings is 1. The van der Waals surface area contributed by atoms with Gasteiger partial charge in [-0.05, 0) is 50.2 Å². The molecule has 0 aliphatic heterocycles. The van der Waals surface area contributed by atoms with Crippen molar-refractivity contribution in [2.45, 2.75) is 33.1 Å². The quantitative estimate of drug-likeness (QED) is 0.625. The zero-order valence-corrected chi connectivity index (χ0v) is 10.2. The molecule has 0 heteroatoms. The fraction of sp³-hybridized carbons (Fsp3) is 0.375. The van der Waals surface area contributed by atoms with Crippen molar-refractivity contribution in [3.05, 3.63) is 53.1 Å². The highest BCUT2D eigenvalue weighted by atomic mass is 14.1. The summed E-state index contributed by atoms with van der Waals surface area (Å²) >= 11 is 0. The number of rotatable bonds is 2. The number of hydrogen-bond donors (Lipinski definition) is 0. The van der Waals surface area contributed by atoms with Crippen LogP contribution in [-0.2, 0) is 0 Å². The van der Waals surface area contributed by atoms with E-state index >= 15 is 0 Å². The standard InChI is InChI=1S/C16H20/c1-13-8-10-16(14(2)12-13)11-9-15-6-4-3-5-7-15/h4,6,8-12,15H,3,5,7H2,1-2H3/b11-9+. The summed E-state index contributed by atoms with van der Waals surface area (Å²) in [5.74, 6) is 0.648. The van der Waals surface area contributed by atoms with Crippen molar-refractivity contribution in [3.63, 3.8) is 0 Å². The van der Waals surface area contributed by atoms with Gasteiger partial charge in [-0.3, -0.25) is 0 Å². The number of hydrogen-bond acceptors (Lipinski definition) is 0. The van der Waals surface area contributed by atoms with E-state index in [0.717, 1.165) is 0 Å². The van der Waals surface area contributed by atoms with Crippen LogP contribution in [0, 0.1) is 19.8 Å². The number of allylic oxidation sites excluding steroid dienone is 3. The maximum absolute atomic E-state index is 2.34. The van der Waals surface area contributed by atoms with Gasteiger partial charge < -0.3 is 0 Å². The van der Waals surface area contributed by atoms with Gasteiger partial charge >= 0.3 is 0 Å². The van der Waals surface area contributed by atoms with E-state index in [2.05, 4.69) is 56.4 Å². The summed E-state index contributed by atoms with van der Waals surface area (Å²) in [5, 5.41) is 0. The van der Waals surface area contributed by atoms with Gasteiger partial charge in [-0.2, -0.15) is 0 Å². The Hall–Kier alpha value is -1.30. The average molecular weight is 212 g/mol. The normalized spacial score (nSPS) is 20.5. The van der Waals surface area contributed by atoms with E-state index < -0.39 is 0 Å². The molecule has 1 aliphatic carbocycles. The van der Waals surface area contributed by atoms with Gasteiger partial charge in [0.2, 0.25) is 0 Å². The molecule has 1 unspecified atom stereocenters. The highest BCUT2D eigenvalue weighted by Crippen LogP contribution is 2.20. The molecule has 0 spiro atoms.